The zero-order valence-electron chi connectivity index (χ0n) is 39.5. The van der Waals surface area contributed by atoms with Crippen molar-refractivity contribution in [2.45, 2.75) is 167 Å². The van der Waals surface area contributed by atoms with E-state index < -0.39 is 126 Å². The second-order valence-corrected chi connectivity index (χ2v) is 18.0. The molecule has 0 aliphatic carbocycles. The van der Waals surface area contributed by atoms with E-state index in [2.05, 4.69) is 31.6 Å². The van der Waals surface area contributed by atoms with Gasteiger partial charge in [0.05, 0.1) is 6.04 Å². The Morgan fingerprint density at radius 1 is 0.642 bits per heavy atom. The molecule has 0 unspecified atom stereocenters. The predicted octanol–water partition coefficient (Wildman–Crippen LogP) is -2.54. The summed E-state index contributed by atoms with van der Waals surface area (Å²) in [5, 5.41) is 32.0. The Balaban J connectivity index is 1.67. The molecule has 3 heterocycles. The summed E-state index contributed by atoms with van der Waals surface area (Å²) in [5.41, 5.74) is 16.8. The molecule has 67 heavy (non-hydrogen) atoms. The quantitative estimate of drug-likeness (QED) is 0.0271. The topological polar surface area (TPSA) is 371 Å². The van der Waals surface area contributed by atoms with E-state index in [1.54, 1.807) is 20.8 Å². The maximum Gasteiger partial charge on any atom is 0.326 e. The van der Waals surface area contributed by atoms with Gasteiger partial charge in [0.25, 0.3) is 0 Å². The Bertz CT molecular complexity index is 1860. The van der Waals surface area contributed by atoms with Gasteiger partial charge in [0.15, 0.2) is 5.96 Å². The summed E-state index contributed by atoms with van der Waals surface area (Å²) in [6, 6.07) is -9.98. The minimum absolute atomic E-state index is 0.0869. The van der Waals surface area contributed by atoms with Crippen molar-refractivity contribution in [1.82, 2.24) is 41.3 Å². The van der Waals surface area contributed by atoms with Gasteiger partial charge in [-0.15, -0.1) is 0 Å². The fourth-order valence-corrected chi connectivity index (χ4v) is 8.50. The number of carbonyl (C=O) groups excluding carboxylic acids is 8. The van der Waals surface area contributed by atoms with E-state index in [1.807, 2.05) is 6.92 Å². The molecular formula is C43H72N12O12. The molecule has 3 fully saturated rings. The summed E-state index contributed by atoms with van der Waals surface area (Å²) in [6.45, 7) is 10.5. The van der Waals surface area contributed by atoms with Crippen molar-refractivity contribution in [3.8, 4) is 0 Å². The van der Waals surface area contributed by atoms with Crippen molar-refractivity contribution < 1.29 is 58.2 Å². The largest absolute Gasteiger partial charge is 0.481 e. The molecule has 0 aromatic heterocycles. The van der Waals surface area contributed by atoms with E-state index in [1.165, 1.54) is 28.5 Å². The summed E-state index contributed by atoms with van der Waals surface area (Å²) in [4.78, 5) is 140. The van der Waals surface area contributed by atoms with Crippen LogP contribution in [-0.4, -0.2) is 171 Å². The van der Waals surface area contributed by atoms with Crippen LogP contribution in [0.4, 0.5) is 0 Å². The summed E-state index contributed by atoms with van der Waals surface area (Å²) < 4.78 is 0. The lowest BCUT2D eigenvalue weighted by Gasteiger charge is -2.33. The smallest absolute Gasteiger partial charge is 0.326 e. The van der Waals surface area contributed by atoms with Crippen LogP contribution in [0.3, 0.4) is 0 Å². The third-order valence-electron chi connectivity index (χ3n) is 12.6. The SMILES string of the molecule is CC[C@H](C)[C@H](NC(=O)[C@@H](N)CCCN=C(N)N)C(=O)N[C@@H](C)C(=O)N1CCC[C@H]1C(=O)N1CCC[C@H]1C(=O)N[C@@H](CCC(=O)O)C(=O)N[C@@H](C)C(=O)N1CCC[C@H]1C(=O)N[C@H](C(=O)O)C(C)C. The highest BCUT2D eigenvalue weighted by Gasteiger charge is 2.45. The number of carbonyl (C=O) groups is 10. The third kappa shape index (κ3) is 15.5. The van der Waals surface area contributed by atoms with Gasteiger partial charge < -0.3 is 68.7 Å². The van der Waals surface area contributed by atoms with Crippen molar-refractivity contribution in [2.75, 3.05) is 26.2 Å². The van der Waals surface area contributed by atoms with Gasteiger partial charge in [-0.05, 0) is 83.5 Å². The molecule has 3 aliphatic heterocycles. The Morgan fingerprint density at radius 2 is 1.15 bits per heavy atom. The second kappa shape index (κ2) is 25.7. The molecule has 13 N–H and O–H groups in total. The van der Waals surface area contributed by atoms with Gasteiger partial charge in [0, 0.05) is 32.6 Å². The number of carboxylic acid groups (broad SMARTS) is 2. The molecule has 24 nitrogen and oxygen atoms in total. The maximum absolute atomic E-state index is 14.2. The Hall–Kier alpha value is -6.07. The number of nitrogens with zero attached hydrogens (tertiary/aromatic N) is 4. The standard InChI is InChI=1S/C43H72N12O12/c1-7-23(4)33(52-34(58)26(44)12-8-18-47-43(45)46)38(62)49-25(6)40(64)55-21-11-15-30(55)41(65)54-20-10-13-28(54)36(60)50-27(16-17-31(56)57)35(59)48-24(5)39(63)53-19-9-14-29(53)37(61)51-32(22(2)3)42(66)67/h22-30,32-33H,7-21,44H2,1-6H3,(H,48,59)(H,49,62)(H,50,60)(H,51,61)(H,52,58)(H,56,57)(H,66,67)(H4,45,46,47)/t23-,24-,25-,26-,27-,28-,29-,30-,32-,33-/m0/s1. The molecule has 8 amide bonds. The van der Waals surface area contributed by atoms with Crippen LogP contribution in [0.25, 0.3) is 0 Å². The van der Waals surface area contributed by atoms with E-state index in [0.717, 1.165) is 0 Å². The van der Waals surface area contributed by atoms with Gasteiger partial charge >= 0.3 is 11.9 Å². The number of rotatable bonds is 24. The molecule has 0 aromatic rings. The molecular weight excluding hydrogens is 877 g/mol. The van der Waals surface area contributed by atoms with E-state index >= 15 is 0 Å². The number of hydrogen-bond donors (Lipinski definition) is 10. The van der Waals surface area contributed by atoms with Gasteiger partial charge in [-0.3, -0.25) is 48.1 Å². The van der Waals surface area contributed by atoms with Crippen molar-refractivity contribution >= 4 is 65.2 Å². The van der Waals surface area contributed by atoms with E-state index in [0.29, 0.717) is 32.1 Å². The predicted molar refractivity (Wildman–Crippen MR) is 242 cm³/mol. The van der Waals surface area contributed by atoms with Crippen LogP contribution in [0.1, 0.15) is 112 Å². The zero-order valence-corrected chi connectivity index (χ0v) is 39.5. The summed E-state index contributed by atoms with van der Waals surface area (Å²) in [5.74, 6) is -8.49. The normalized spacial score (nSPS) is 21.2. The Labute approximate surface area is 390 Å². The first kappa shape index (κ1) is 55.3. The first-order valence-corrected chi connectivity index (χ1v) is 23.2. The first-order valence-electron chi connectivity index (χ1n) is 23.2. The Morgan fingerprint density at radius 3 is 1.67 bits per heavy atom. The van der Waals surface area contributed by atoms with Gasteiger partial charge in [-0.25, -0.2) is 4.79 Å². The molecule has 0 aromatic carbocycles. The van der Waals surface area contributed by atoms with Crippen molar-refractivity contribution in [2.24, 2.45) is 34.0 Å². The number of amides is 8. The summed E-state index contributed by atoms with van der Waals surface area (Å²) in [6.07, 6.45) is 2.34. The molecule has 3 aliphatic rings. The lowest BCUT2D eigenvalue weighted by molar-refractivity contribution is -0.148. The second-order valence-electron chi connectivity index (χ2n) is 18.0. The number of hydrogen-bond acceptors (Lipinski definition) is 12. The number of likely N-dealkylation sites (tertiary alicyclic amines) is 3. The number of aliphatic imine (C=N–C) groups is 1. The number of carboxylic acids is 2. The molecule has 0 spiro atoms. The van der Waals surface area contributed by atoms with Crippen LogP contribution in [0, 0.1) is 11.8 Å². The number of aliphatic carboxylic acids is 2. The summed E-state index contributed by atoms with van der Waals surface area (Å²) in [7, 11) is 0. The lowest BCUT2D eigenvalue weighted by Crippen LogP contribution is -2.59. The Kier molecular flexibility index (Phi) is 21.2. The van der Waals surface area contributed by atoms with Crippen molar-refractivity contribution in [3.05, 3.63) is 0 Å². The monoisotopic (exact) mass is 949 g/mol. The number of guanidine groups is 1. The van der Waals surface area contributed by atoms with Crippen LogP contribution >= 0.6 is 0 Å². The van der Waals surface area contributed by atoms with Crippen LogP contribution in [-0.2, 0) is 47.9 Å². The highest BCUT2D eigenvalue weighted by molar-refractivity contribution is 5.98. The number of nitrogens with two attached hydrogens (primary N) is 3. The lowest BCUT2D eigenvalue weighted by atomic mass is 9.97. The highest BCUT2D eigenvalue weighted by Crippen LogP contribution is 2.26. The van der Waals surface area contributed by atoms with Crippen molar-refractivity contribution in [1.29, 1.82) is 0 Å². The molecule has 24 heteroatoms. The molecule has 0 bridgehead atoms. The van der Waals surface area contributed by atoms with E-state index in [-0.39, 0.29) is 70.2 Å². The first-order chi connectivity index (χ1) is 31.5. The molecule has 10 atom stereocenters. The zero-order chi connectivity index (χ0) is 50.3. The van der Waals surface area contributed by atoms with Crippen LogP contribution in [0.5, 0.6) is 0 Å². The summed E-state index contributed by atoms with van der Waals surface area (Å²) >= 11 is 0. The minimum Gasteiger partial charge on any atom is -0.481 e. The van der Waals surface area contributed by atoms with Crippen LogP contribution in [0.2, 0.25) is 0 Å². The maximum atomic E-state index is 14.2. The fraction of sp³-hybridized carbons (Fsp3) is 0.744. The number of nitrogens with one attached hydrogen (secondary N) is 5. The fourth-order valence-electron chi connectivity index (χ4n) is 8.50. The molecule has 0 saturated carbocycles. The van der Waals surface area contributed by atoms with Gasteiger partial charge in [-0.1, -0.05) is 34.1 Å². The molecule has 0 radical (unpaired) electrons. The van der Waals surface area contributed by atoms with Gasteiger partial charge in [0.1, 0.15) is 48.3 Å². The van der Waals surface area contributed by atoms with Crippen LogP contribution in [0.15, 0.2) is 4.99 Å². The van der Waals surface area contributed by atoms with Gasteiger partial charge in [0.2, 0.25) is 47.3 Å². The molecule has 376 valence electrons. The average Bonchev–Trinajstić information content (AvgIpc) is 4.08. The van der Waals surface area contributed by atoms with E-state index in [9.17, 15) is 58.2 Å². The molecule has 3 rings (SSSR count). The van der Waals surface area contributed by atoms with Crippen LogP contribution < -0.4 is 43.8 Å². The minimum atomic E-state index is -1.44. The average molecular weight is 949 g/mol. The third-order valence-corrected chi connectivity index (χ3v) is 12.6. The molecule has 3 saturated heterocycles. The van der Waals surface area contributed by atoms with Gasteiger partial charge in [-0.2, -0.15) is 0 Å². The highest BCUT2D eigenvalue weighted by atomic mass is 16.4. The van der Waals surface area contributed by atoms with Crippen molar-refractivity contribution in [3.63, 3.8) is 0 Å². The van der Waals surface area contributed by atoms with E-state index in [4.69, 9.17) is 17.2 Å².